The van der Waals surface area contributed by atoms with Crippen LogP contribution in [0.5, 0.6) is 0 Å². The van der Waals surface area contributed by atoms with Crippen molar-refractivity contribution in [1.29, 1.82) is 0 Å². The van der Waals surface area contributed by atoms with Crippen molar-refractivity contribution in [1.82, 2.24) is 5.32 Å². The van der Waals surface area contributed by atoms with Crippen molar-refractivity contribution < 1.29 is 14.4 Å². The fraction of sp³-hybridized carbons (Fsp3) is 0.250. The number of hydrogen-bond donors (Lipinski definition) is 1. The minimum absolute atomic E-state index is 0.0194. The molecule has 0 bridgehead atoms. The number of nitrogens with zero attached hydrogens (tertiary/aromatic N) is 1. The van der Waals surface area contributed by atoms with Crippen molar-refractivity contribution in [3.05, 3.63) is 35.9 Å². The van der Waals surface area contributed by atoms with E-state index in [1.54, 1.807) is 24.3 Å². The highest BCUT2D eigenvalue weighted by molar-refractivity contribution is 6.45. The van der Waals surface area contributed by atoms with Crippen molar-refractivity contribution in [3.63, 3.8) is 0 Å². The maximum atomic E-state index is 11.8. The van der Waals surface area contributed by atoms with Gasteiger partial charge in [-0.05, 0) is 6.92 Å². The predicted octanol–water partition coefficient (Wildman–Crippen LogP) is 0.742. The number of oxime groups is 1. The number of carbonyl (C=O) groups is 2. The number of ketones is 1. The Morgan fingerprint density at radius 1 is 1.29 bits per heavy atom. The first-order valence-electron chi connectivity index (χ1n) is 5.09. The van der Waals surface area contributed by atoms with Crippen molar-refractivity contribution in [2.45, 2.75) is 6.92 Å². The molecule has 1 rings (SSSR count). The van der Waals surface area contributed by atoms with E-state index in [1.807, 2.05) is 6.07 Å². The van der Waals surface area contributed by atoms with Gasteiger partial charge < -0.3 is 10.2 Å². The normalized spacial score (nSPS) is 10.8. The first kappa shape index (κ1) is 12.9. The Morgan fingerprint density at radius 3 is 2.47 bits per heavy atom. The smallest absolute Gasteiger partial charge is 0.274 e. The van der Waals surface area contributed by atoms with E-state index in [-0.39, 0.29) is 18.0 Å². The largest absolute Gasteiger partial charge is 0.398 e. The molecule has 0 aromatic heterocycles. The lowest BCUT2D eigenvalue weighted by Gasteiger charge is -2.05. The van der Waals surface area contributed by atoms with Crippen LogP contribution in [0, 0.1) is 0 Å². The van der Waals surface area contributed by atoms with Crippen LogP contribution in [0.3, 0.4) is 0 Å². The zero-order valence-electron chi connectivity index (χ0n) is 9.77. The molecule has 0 aliphatic heterocycles. The van der Waals surface area contributed by atoms with Crippen LogP contribution in [0.1, 0.15) is 12.5 Å². The van der Waals surface area contributed by atoms with Gasteiger partial charge in [0.25, 0.3) is 5.91 Å². The second-order valence-corrected chi connectivity index (χ2v) is 3.37. The molecule has 0 radical (unpaired) electrons. The Hall–Kier alpha value is -2.17. The summed E-state index contributed by atoms with van der Waals surface area (Å²) in [6.45, 7) is 1.38. The van der Waals surface area contributed by atoms with Gasteiger partial charge in [0.1, 0.15) is 12.9 Å². The molecule has 5 nitrogen and oxygen atoms in total. The van der Waals surface area contributed by atoms with Crippen molar-refractivity contribution in [2.24, 2.45) is 5.16 Å². The molecule has 1 amide bonds. The molecule has 0 aliphatic rings. The number of rotatable bonds is 5. The van der Waals surface area contributed by atoms with Crippen LogP contribution in [0.25, 0.3) is 0 Å². The second kappa shape index (κ2) is 6.42. The fourth-order valence-electron chi connectivity index (χ4n) is 1.20. The molecule has 5 heteroatoms. The topological polar surface area (TPSA) is 67.8 Å². The summed E-state index contributed by atoms with van der Waals surface area (Å²) in [5, 5.41) is 6.13. The highest BCUT2D eigenvalue weighted by Gasteiger charge is 2.14. The molecule has 0 spiro atoms. The molecule has 0 heterocycles. The van der Waals surface area contributed by atoms with E-state index in [0.29, 0.717) is 5.56 Å². The Labute approximate surface area is 99.5 Å². The maximum Gasteiger partial charge on any atom is 0.274 e. The van der Waals surface area contributed by atoms with Crippen LogP contribution >= 0.6 is 0 Å². The maximum absolute atomic E-state index is 11.8. The third kappa shape index (κ3) is 4.06. The number of Topliss-reactive ketones (excluding diaryl/α,β-unsaturated/α-hetero) is 1. The van der Waals surface area contributed by atoms with E-state index in [9.17, 15) is 9.59 Å². The van der Waals surface area contributed by atoms with Crippen LogP contribution in [0.15, 0.2) is 35.5 Å². The molecule has 0 unspecified atom stereocenters. The first-order valence-corrected chi connectivity index (χ1v) is 5.09. The van der Waals surface area contributed by atoms with Gasteiger partial charge in [0.15, 0.2) is 5.71 Å². The van der Waals surface area contributed by atoms with E-state index in [4.69, 9.17) is 0 Å². The van der Waals surface area contributed by atoms with E-state index in [0.717, 1.165) is 0 Å². The molecule has 0 saturated heterocycles. The zero-order valence-corrected chi connectivity index (χ0v) is 9.77. The Bertz CT molecular complexity index is 427. The van der Waals surface area contributed by atoms with E-state index < -0.39 is 5.91 Å². The van der Waals surface area contributed by atoms with Gasteiger partial charge in [-0.2, -0.15) is 0 Å². The lowest BCUT2D eigenvalue weighted by atomic mass is 10.1. The molecule has 90 valence electrons. The van der Waals surface area contributed by atoms with Crippen molar-refractivity contribution in [3.8, 4) is 0 Å². The molecule has 17 heavy (non-hydrogen) atoms. The van der Waals surface area contributed by atoms with E-state index in [2.05, 4.69) is 15.3 Å². The molecule has 0 saturated carbocycles. The van der Waals surface area contributed by atoms with Crippen LogP contribution in [0.2, 0.25) is 0 Å². The van der Waals surface area contributed by atoms with Crippen LogP contribution in [-0.2, 0) is 14.4 Å². The summed E-state index contributed by atoms with van der Waals surface area (Å²) in [7, 11) is 1.36. The van der Waals surface area contributed by atoms with Crippen molar-refractivity contribution >= 4 is 17.4 Å². The quantitative estimate of drug-likeness (QED) is 0.603. The summed E-state index contributed by atoms with van der Waals surface area (Å²) in [5.41, 5.74) is 0.782. The molecule has 0 fully saturated rings. The summed E-state index contributed by atoms with van der Waals surface area (Å²) in [5.74, 6) is -0.559. The van der Waals surface area contributed by atoms with Crippen LogP contribution in [0.4, 0.5) is 0 Å². The molecule has 1 aromatic carbocycles. The zero-order chi connectivity index (χ0) is 12.7. The standard InChI is InChI=1S/C12H14N2O3/c1-9(15)8-13-12(16)11(14-17-2)10-6-4-3-5-7-10/h3-7H,8H2,1-2H3,(H,13,16). The lowest BCUT2D eigenvalue weighted by Crippen LogP contribution is -2.34. The highest BCUT2D eigenvalue weighted by Crippen LogP contribution is 2.02. The summed E-state index contributed by atoms with van der Waals surface area (Å²) < 4.78 is 0. The lowest BCUT2D eigenvalue weighted by molar-refractivity contribution is -0.120. The first-order chi connectivity index (χ1) is 8.15. The van der Waals surface area contributed by atoms with Crippen LogP contribution < -0.4 is 5.32 Å². The average Bonchev–Trinajstić information content (AvgIpc) is 2.34. The van der Waals surface area contributed by atoms with Crippen LogP contribution in [-0.4, -0.2) is 31.1 Å². The van der Waals surface area contributed by atoms with Gasteiger partial charge in [0.2, 0.25) is 0 Å². The van der Waals surface area contributed by atoms with Gasteiger partial charge in [-0.25, -0.2) is 0 Å². The van der Waals surface area contributed by atoms with Gasteiger partial charge in [-0.1, -0.05) is 35.5 Å². The number of amides is 1. The van der Waals surface area contributed by atoms with Gasteiger partial charge in [0.05, 0.1) is 6.54 Å². The predicted molar refractivity (Wildman–Crippen MR) is 63.7 cm³/mol. The molecule has 1 N–H and O–H groups in total. The minimum Gasteiger partial charge on any atom is -0.398 e. The second-order valence-electron chi connectivity index (χ2n) is 3.37. The SMILES string of the molecule is CON=C(C(=O)NCC(C)=O)c1ccccc1. The van der Waals surface area contributed by atoms with Crippen molar-refractivity contribution in [2.75, 3.05) is 13.7 Å². The third-order valence-corrected chi connectivity index (χ3v) is 1.94. The Balaban J connectivity index is 2.84. The monoisotopic (exact) mass is 234 g/mol. The summed E-state index contributed by atoms with van der Waals surface area (Å²) in [6.07, 6.45) is 0. The Morgan fingerprint density at radius 2 is 1.94 bits per heavy atom. The summed E-state index contributed by atoms with van der Waals surface area (Å²) in [6, 6.07) is 8.90. The van der Waals surface area contributed by atoms with Gasteiger partial charge in [-0.3, -0.25) is 9.59 Å². The van der Waals surface area contributed by atoms with Gasteiger partial charge >= 0.3 is 0 Å². The molecule has 0 aliphatic carbocycles. The van der Waals surface area contributed by atoms with Gasteiger partial charge in [0, 0.05) is 5.56 Å². The van der Waals surface area contributed by atoms with E-state index in [1.165, 1.54) is 14.0 Å². The molecule has 0 atom stereocenters. The number of carbonyl (C=O) groups excluding carboxylic acids is 2. The summed E-state index contributed by atoms with van der Waals surface area (Å²) >= 11 is 0. The summed E-state index contributed by atoms with van der Waals surface area (Å²) in [4.78, 5) is 27.2. The van der Waals surface area contributed by atoms with Gasteiger partial charge in [-0.15, -0.1) is 0 Å². The average molecular weight is 234 g/mol. The Kier molecular flexibility index (Phi) is 4.87. The minimum atomic E-state index is -0.437. The highest BCUT2D eigenvalue weighted by atomic mass is 16.6. The fourth-order valence-corrected chi connectivity index (χ4v) is 1.20. The molecular weight excluding hydrogens is 220 g/mol. The number of nitrogens with one attached hydrogen (secondary N) is 1. The molecular formula is C12H14N2O3. The molecule has 1 aromatic rings. The third-order valence-electron chi connectivity index (χ3n) is 1.94. The number of hydrogen-bond acceptors (Lipinski definition) is 4. The number of benzene rings is 1. The van der Waals surface area contributed by atoms with E-state index >= 15 is 0 Å².